The van der Waals surface area contributed by atoms with Crippen molar-refractivity contribution in [2.45, 2.75) is 165 Å². The van der Waals surface area contributed by atoms with Gasteiger partial charge in [-0.15, -0.1) is 0 Å². The Hall–Kier alpha value is -0.260. The Kier molecular flexibility index (Phi) is 13.8. The summed E-state index contributed by atoms with van der Waals surface area (Å²) in [5.41, 5.74) is 1.90. The zero-order valence-corrected chi connectivity index (χ0v) is 27.4. The molecule has 0 amide bonds. The molecule has 0 aliphatic heterocycles. The summed E-state index contributed by atoms with van der Waals surface area (Å²) in [5, 5.41) is 0. The van der Waals surface area contributed by atoms with Crippen molar-refractivity contribution in [1.29, 1.82) is 0 Å². The van der Waals surface area contributed by atoms with Gasteiger partial charge in [-0.05, 0) is 97.2 Å². The predicted octanol–water partition coefficient (Wildman–Crippen LogP) is 12.5. The summed E-state index contributed by atoms with van der Waals surface area (Å²) in [6.07, 6.45) is 27.4. The van der Waals surface area contributed by atoms with E-state index in [0.29, 0.717) is 0 Å². The molecule has 0 aromatic carbocycles. The minimum absolute atomic E-state index is 0.889. The third-order valence-electron chi connectivity index (χ3n) is 12.6. The van der Waals surface area contributed by atoms with Crippen LogP contribution in [0.15, 0.2) is 11.6 Å². The van der Waals surface area contributed by atoms with Gasteiger partial charge in [-0.2, -0.15) is 0 Å². The number of unbranched alkanes of at least 4 members (excludes halogenated alkanes) is 2. The molecule has 38 heavy (non-hydrogen) atoms. The van der Waals surface area contributed by atoms with Crippen molar-refractivity contribution < 1.29 is 0 Å². The molecule has 0 heterocycles. The van der Waals surface area contributed by atoms with Crippen LogP contribution in [-0.2, 0) is 0 Å². The summed E-state index contributed by atoms with van der Waals surface area (Å²) in [6.45, 7) is 20.1. The number of hydrogen-bond donors (Lipinski definition) is 0. The SMILES string of the molecule is CCCCC(CCCCC(C)C(C)CC(C)C1CC2C(CC3CC(C)CCCCC3C)=CCC21)C(C)CC. The molecule has 3 aliphatic rings. The second-order valence-electron chi connectivity index (χ2n) is 15.5. The smallest absolute Gasteiger partial charge is 0.0166 e. The molecule has 2 saturated carbocycles. The van der Waals surface area contributed by atoms with Crippen LogP contribution in [0.25, 0.3) is 0 Å². The molecular formula is C38H70. The molecule has 0 nitrogen and oxygen atoms in total. The molecule has 0 saturated heterocycles. The monoisotopic (exact) mass is 527 g/mol. The topological polar surface area (TPSA) is 0 Å². The van der Waals surface area contributed by atoms with E-state index in [9.17, 15) is 0 Å². The number of hydrogen-bond acceptors (Lipinski definition) is 0. The van der Waals surface area contributed by atoms with Crippen molar-refractivity contribution in [2.24, 2.45) is 65.1 Å². The molecule has 11 unspecified atom stereocenters. The van der Waals surface area contributed by atoms with Gasteiger partial charge in [-0.3, -0.25) is 0 Å². The summed E-state index contributed by atoms with van der Waals surface area (Å²) in [5.74, 6) is 10.4. The summed E-state index contributed by atoms with van der Waals surface area (Å²) in [7, 11) is 0. The molecule has 0 bridgehead atoms. The fraction of sp³-hybridized carbons (Fsp3) is 0.947. The highest BCUT2D eigenvalue weighted by molar-refractivity contribution is 5.22. The lowest BCUT2D eigenvalue weighted by molar-refractivity contribution is 0.0478. The number of fused-ring (bicyclic) bond motifs is 1. The normalized spacial score (nSPS) is 33.7. The van der Waals surface area contributed by atoms with E-state index >= 15 is 0 Å². The van der Waals surface area contributed by atoms with Gasteiger partial charge >= 0.3 is 0 Å². The lowest BCUT2D eigenvalue weighted by Gasteiger charge is -2.47. The van der Waals surface area contributed by atoms with Crippen molar-refractivity contribution >= 4 is 0 Å². The fourth-order valence-corrected chi connectivity index (χ4v) is 9.15. The Bertz CT molecular complexity index is 674. The summed E-state index contributed by atoms with van der Waals surface area (Å²) in [4.78, 5) is 0. The van der Waals surface area contributed by atoms with Crippen LogP contribution in [0.5, 0.6) is 0 Å². The number of allylic oxidation sites excluding steroid dienone is 2. The molecule has 2 fully saturated rings. The molecule has 3 rings (SSSR count). The summed E-state index contributed by atoms with van der Waals surface area (Å²) in [6, 6.07) is 0. The van der Waals surface area contributed by atoms with E-state index in [0.717, 1.165) is 65.1 Å². The van der Waals surface area contributed by atoms with E-state index in [1.807, 2.05) is 5.57 Å². The largest absolute Gasteiger partial charge is 0.0847 e. The first-order valence-corrected chi connectivity index (χ1v) is 17.9. The van der Waals surface area contributed by atoms with E-state index in [2.05, 4.69) is 61.5 Å². The van der Waals surface area contributed by atoms with Gasteiger partial charge in [-0.25, -0.2) is 0 Å². The van der Waals surface area contributed by atoms with Crippen molar-refractivity contribution in [3.8, 4) is 0 Å². The quantitative estimate of drug-likeness (QED) is 0.138. The third kappa shape index (κ3) is 9.13. The standard InChI is InChI=1S/C38H70/c1-9-11-19-33(28(4)10-2)20-15-14-17-29(5)31(7)24-32(8)37-26-38-34(21-22-36(37)38)25-35-23-27(3)16-12-13-18-30(35)6/h21,27-33,35-38H,9-20,22-26H2,1-8H3. The van der Waals surface area contributed by atoms with Crippen LogP contribution in [0.4, 0.5) is 0 Å². The van der Waals surface area contributed by atoms with Gasteiger partial charge in [0, 0.05) is 0 Å². The van der Waals surface area contributed by atoms with E-state index in [1.165, 1.54) is 109 Å². The lowest BCUT2D eigenvalue weighted by atomic mass is 9.58. The Morgan fingerprint density at radius 3 is 2.26 bits per heavy atom. The number of rotatable bonds is 16. The maximum absolute atomic E-state index is 2.73. The molecule has 0 radical (unpaired) electrons. The first-order valence-electron chi connectivity index (χ1n) is 17.9. The third-order valence-corrected chi connectivity index (χ3v) is 12.6. The van der Waals surface area contributed by atoms with Crippen LogP contribution >= 0.6 is 0 Å². The van der Waals surface area contributed by atoms with E-state index in [4.69, 9.17) is 0 Å². The fourth-order valence-electron chi connectivity index (χ4n) is 9.15. The second kappa shape index (κ2) is 16.2. The highest BCUT2D eigenvalue weighted by atomic mass is 14.5. The Labute approximate surface area is 241 Å². The second-order valence-corrected chi connectivity index (χ2v) is 15.5. The molecule has 11 atom stereocenters. The molecule has 0 aromatic rings. The maximum Gasteiger partial charge on any atom is -0.0166 e. The van der Waals surface area contributed by atoms with Crippen molar-refractivity contribution in [3.05, 3.63) is 11.6 Å². The van der Waals surface area contributed by atoms with Crippen LogP contribution in [0.1, 0.15) is 165 Å². The van der Waals surface area contributed by atoms with Gasteiger partial charge in [0.25, 0.3) is 0 Å². The van der Waals surface area contributed by atoms with Crippen LogP contribution in [0.3, 0.4) is 0 Å². The van der Waals surface area contributed by atoms with Gasteiger partial charge in [-0.1, -0.05) is 144 Å². The van der Waals surface area contributed by atoms with E-state index < -0.39 is 0 Å². The first kappa shape index (κ1) is 32.3. The van der Waals surface area contributed by atoms with Crippen LogP contribution in [0.2, 0.25) is 0 Å². The van der Waals surface area contributed by atoms with Gasteiger partial charge in [0.2, 0.25) is 0 Å². The van der Waals surface area contributed by atoms with Gasteiger partial charge in [0.05, 0.1) is 0 Å². The van der Waals surface area contributed by atoms with Gasteiger partial charge in [0.1, 0.15) is 0 Å². The molecule has 0 N–H and O–H groups in total. The Balaban J connectivity index is 1.36. The first-order chi connectivity index (χ1) is 18.2. The summed E-state index contributed by atoms with van der Waals surface area (Å²) >= 11 is 0. The van der Waals surface area contributed by atoms with E-state index in [-0.39, 0.29) is 0 Å². The molecular weight excluding hydrogens is 456 g/mol. The highest BCUT2D eigenvalue weighted by Crippen LogP contribution is 2.57. The highest BCUT2D eigenvalue weighted by Gasteiger charge is 2.47. The average Bonchev–Trinajstić information content (AvgIpc) is 3.18. The van der Waals surface area contributed by atoms with Crippen molar-refractivity contribution in [3.63, 3.8) is 0 Å². The Morgan fingerprint density at radius 1 is 0.816 bits per heavy atom. The molecule has 0 aromatic heterocycles. The van der Waals surface area contributed by atoms with E-state index in [1.54, 1.807) is 0 Å². The molecule has 0 heteroatoms. The molecule has 0 spiro atoms. The van der Waals surface area contributed by atoms with Crippen LogP contribution in [0, 0.1) is 65.1 Å². The minimum atomic E-state index is 0.889. The molecule has 222 valence electrons. The van der Waals surface area contributed by atoms with Crippen molar-refractivity contribution in [1.82, 2.24) is 0 Å². The lowest BCUT2D eigenvalue weighted by Crippen LogP contribution is -2.39. The summed E-state index contributed by atoms with van der Waals surface area (Å²) < 4.78 is 0. The van der Waals surface area contributed by atoms with Crippen molar-refractivity contribution in [2.75, 3.05) is 0 Å². The van der Waals surface area contributed by atoms with Crippen LogP contribution < -0.4 is 0 Å². The Morgan fingerprint density at radius 2 is 1.53 bits per heavy atom. The zero-order valence-electron chi connectivity index (χ0n) is 27.4. The zero-order chi connectivity index (χ0) is 27.7. The van der Waals surface area contributed by atoms with Gasteiger partial charge < -0.3 is 0 Å². The minimum Gasteiger partial charge on any atom is -0.0847 e. The average molecular weight is 527 g/mol. The predicted molar refractivity (Wildman–Crippen MR) is 170 cm³/mol. The van der Waals surface area contributed by atoms with Crippen LogP contribution in [-0.4, -0.2) is 0 Å². The maximum atomic E-state index is 2.73. The molecule has 3 aliphatic carbocycles. The van der Waals surface area contributed by atoms with Gasteiger partial charge in [0.15, 0.2) is 0 Å².